The van der Waals surface area contributed by atoms with Gasteiger partial charge in [0.05, 0.1) is 6.04 Å². The topological polar surface area (TPSA) is 12.0 Å². The molecule has 22 heavy (non-hydrogen) atoms. The Morgan fingerprint density at radius 2 is 1.86 bits per heavy atom. The van der Waals surface area contributed by atoms with Crippen LogP contribution in [0.2, 0.25) is 10.0 Å². The van der Waals surface area contributed by atoms with E-state index in [0.717, 1.165) is 23.2 Å². The van der Waals surface area contributed by atoms with Gasteiger partial charge >= 0.3 is 0 Å². The molecule has 4 heteroatoms. The molecule has 0 aromatic heterocycles. The predicted octanol–water partition coefficient (Wildman–Crippen LogP) is 5.96. The molecule has 0 saturated carbocycles. The zero-order valence-corrected chi connectivity index (χ0v) is 13.2. The Kier molecular flexibility index (Phi) is 3.39. The summed E-state index contributed by atoms with van der Waals surface area (Å²) in [4.78, 5) is 0. The minimum Gasteiger partial charge on any atom is -0.378 e. The molecule has 0 bridgehead atoms. The standard InChI is InChI=1S/C18H14Cl2FN/c19-14-5-2-6-15(20)17(14)18-12-4-1-3-11(12)13-9-10(21)7-8-16(13)22-18/h1-3,5-9,11-12,18,22H,4H2/t11-,12+,18-/m1/s1. The molecule has 2 aromatic carbocycles. The highest BCUT2D eigenvalue weighted by atomic mass is 35.5. The van der Waals surface area contributed by atoms with Crippen molar-refractivity contribution in [1.29, 1.82) is 0 Å². The van der Waals surface area contributed by atoms with Crippen molar-refractivity contribution in [2.75, 3.05) is 5.32 Å². The van der Waals surface area contributed by atoms with Gasteiger partial charge in [-0.3, -0.25) is 0 Å². The van der Waals surface area contributed by atoms with Gasteiger partial charge in [0.1, 0.15) is 5.82 Å². The normalized spacial score (nSPS) is 25.5. The molecule has 112 valence electrons. The molecule has 0 fully saturated rings. The second kappa shape index (κ2) is 5.29. The number of rotatable bonds is 1. The number of allylic oxidation sites excluding steroid dienone is 2. The lowest BCUT2D eigenvalue weighted by atomic mass is 9.77. The van der Waals surface area contributed by atoms with Crippen LogP contribution in [0.1, 0.15) is 29.5 Å². The number of hydrogen-bond donors (Lipinski definition) is 1. The van der Waals surface area contributed by atoms with Gasteiger partial charge in [0, 0.05) is 27.2 Å². The molecular formula is C18H14Cl2FN. The maximum Gasteiger partial charge on any atom is 0.123 e. The third-order valence-electron chi connectivity index (χ3n) is 4.64. The lowest BCUT2D eigenvalue weighted by Gasteiger charge is -2.38. The van der Waals surface area contributed by atoms with Crippen LogP contribution >= 0.6 is 23.2 Å². The Morgan fingerprint density at radius 3 is 2.64 bits per heavy atom. The van der Waals surface area contributed by atoms with Crippen molar-refractivity contribution in [3.05, 3.63) is 75.5 Å². The molecule has 0 unspecified atom stereocenters. The summed E-state index contributed by atoms with van der Waals surface area (Å²) in [5.41, 5.74) is 2.90. The van der Waals surface area contributed by atoms with Gasteiger partial charge in [0.25, 0.3) is 0 Å². The Bertz CT molecular complexity index is 751. The average Bonchev–Trinajstić information content (AvgIpc) is 2.97. The molecule has 0 saturated heterocycles. The summed E-state index contributed by atoms with van der Waals surface area (Å²) in [5, 5.41) is 4.85. The van der Waals surface area contributed by atoms with Crippen LogP contribution in [0.15, 0.2) is 48.6 Å². The van der Waals surface area contributed by atoms with Crippen LogP contribution in [-0.4, -0.2) is 0 Å². The largest absolute Gasteiger partial charge is 0.378 e. The lowest BCUT2D eigenvalue weighted by molar-refractivity contribution is 0.424. The van der Waals surface area contributed by atoms with Gasteiger partial charge in [-0.15, -0.1) is 0 Å². The molecule has 0 spiro atoms. The van der Waals surface area contributed by atoms with Crippen LogP contribution < -0.4 is 5.32 Å². The minimum atomic E-state index is -0.200. The number of halogens is 3. The van der Waals surface area contributed by atoms with E-state index >= 15 is 0 Å². The van der Waals surface area contributed by atoms with E-state index in [9.17, 15) is 4.39 Å². The Balaban J connectivity index is 1.85. The molecular weight excluding hydrogens is 320 g/mol. The van der Waals surface area contributed by atoms with Crippen LogP contribution in [0.3, 0.4) is 0 Å². The monoisotopic (exact) mass is 333 g/mol. The Labute approximate surface area is 138 Å². The molecule has 1 heterocycles. The molecule has 1 nitrogen and oxygen atoms in total. The van der Waals surface area contributed by atoms with Crippen LogP contribution in [0.25, 0.3) is 0 Å². The third-order valence-corrected chi connectivity index (χ3v) is 5.29. The number of benzene rings is 2. The fourth-order valence-corrected chi connectivity index (χ4v) is 4.29. The van der Waals surface area contributed by atoms with E-state index in [2.05, 4.69) is 17.5 Å². The molecule has 2 aromatic rings. The van der Waals surface area contributed by atoms with E-state index in [-0.39, 0.29) is 17.8 Å². The van der Waals surface area contributed by atoms with Crippen LogP contribution in [0.5, 0.6) is 0 Å². The molecule has 1 aliphatic heterocycles. The number of anilines is 1. The summed E-state index contributed by atoms with van der Waals surface area (Å²) < 4.78 is 13.6. The van der Waals surface area contributed by atoms with E-state index in [1.807, 2.05) is 18.2 Å². The molecule has 3 atom stereocenters. The predicted molar refractivity (Wildman–Crippen MR) is 89.2 cm³/mol. The Hall–Kier alpha value is -1.51. The summed E-state index contributed by atoms with van der Waals surface area (Å²) in [5.74, 6) is 0.296. The fourth-order valence-electron chi connectivity index (χ4n) is 3.66. The maximum atomic E-state index is 13.6. The van der Waals surface area contributed by atoms with Crippen molar-refractivity contribution in [2.24, 2.45) is 5.92 Å². The minimum absolute atomic E-state index is 0.0270. The van der Waals surface area contributed by atoms with Crippen LogP contribution in [0, 0.1) is 11.7 Å². The van der Waals surface area contributed by atoms with Gasteiger partial charge in [-0.05, 0) is 48.2 Å². The van der Waals surface area contributed by atoms with Gasteiger partial charge in [-0.2, -0.15) is 0 Å². The highest BCUT2D eigenvalue weighted by molar-refractivity contribution is 6.36. The molecule has 0 radical (unpaired) electrons. The van der Waals surface area contributed by atoms with Crippen LogP contribution in [0.4, 0.5) is 10.1 Å². The highest BCUT2D eigenvalue weighted by Gasteiger charge is 2.39. The van der Waals surface area contributed by atoms with Crippen LogP contribution in [-0.2, 0) is 0 Å². The number of nitrogens with one attached hydrogen (secondary N) is 1. The summed E-state index contributed by atoms with van der Waals surface area (Å²) in [6.45, 7) is 0. The van der Waals surface area contributed by atoms with E-state index in [1.165, 1.54) is 6.07 Å². The van der Waals surface area contributed by atoms with E-state index in [0.29, 0.717) is 16.0 Å². The second-order valence-corrected chi connectivity index (χ2v) is 6.66. The van der Waals surface area contributed by atoms with Gasteiger partial charge in [0.2, 0.25) is 0 Å². The summed E-state index contributed by atoms with van der Waals surface area (Å²) >= 11 is 12.8. The summed E-state index contributed by atoms with van der Waals surface area (Å²) in [7, 11) is 0. The average molecular weight is 334 g/mol. The molecule has 1 N–H and O–H groups in total. The van der Waals surface area contributed by atoms with Crippen molar-refractivity contribution in [3.8, 4) is 0 Å². The van der Waals surface area contributed by atoms with Crippen molar-refractivity contribution < 1.29 is 4.39 Å². The fraction of sp³-hybridized carbons (Fsp3) is 0.222. The quantitative estimate of drug-likeness (QED) is 0.635. The number of fused-ring (bicyclic) bond motifs is 3. The summed E-state index contributed by atoms with van der Waals surface area (Å²) in [6.07, 6.45) is 5.26. The number of hydrogen-bond acceptors (Lipinski definition) is 1. The lowest BCUT2D eigenvalue weighted by Crippen LogP contribution is -2.29. The van der Waals surface area contributed by atoms with E-state index < -0.39 is 0 Å². The van der Waals surface area contributed by atoms with Crippen molar-refractivity contribution >= 4 is 28.9 Å². The summed E-state index contributed by atoms with van der Waals surface area (Å²) in [6, 6.07) is 10.5. The van der Waals surface area contributed by atoms with Crippen molar-refractivity contribution in [1.82, 2.24) is 0 Å². The molecule has 2 aliphatic rings. The third kappa shape index (κ3) is 2.13. The van der Waals surface area contributed by atoms with Gasteiger partial charge < -0.3 is 5.32 Å². The smallest absolute Gasteiger partial charge is 0.123 e. The zero-order valence-electron chi connectivity index (χ0n) is 11.7. The highest BCUT2D eigenvalue weighted by Crippen LogP contribution is 2.51. The first-order valence-electron chi connectivity index (χ1n) is 7.31. The van der Waals surface area contributed by atoms with Gasteiger partial charge in [-0.25, -0.2) is 4.39 Å². The first-order chi connectivity index (χ1) is 10.6. The van der Waals surface area contributed by atoms with Gasteiger partial charge in [0.15, 0.2) is 0 Å². The zero-order chi connectivity index (χ0) is 15.3. The van der Waals surface area contributed by atoms with Gasteiger partial charge in [-0.1, -0.05) is 41.4 Å². The van der Waals surface area contributed by atoms with Crippen molar-refractivity contribution in [3.63, 3.8) is 0 Å². The molecule has 4 rings (SSSR count). The van der Waals surface area contributed by atoms with Crippen molar-refractivity contribution in [2.45, 2.75) is 18.4 Å². The maximum absolute atomic E-state index is 13.6. The first kappa shape index (κ1) is 14.1. The SMILES string of the molecule is Fc1ccc2c(c1)[C@@H]1C=CC[C@@H]1[C@H](c1c(Cl)cccc1Cl)N2. The second-order valence-electron chi connectivity index (χ2n) is 5.84. The Morgan fingerprint density at radius 1 is 1.09 bits per heavy atom. The van der Waals surface area contributed by atoms with E-state index in [1.54, 1.807) is 12.1 Å². The molecule has 0 amide bonds. The first-order valence-corrected chi connectivity index (χ1v) is 8.07. The molecule has 1 aliphatic carbocycles. The van der Waals surface area contributed by atoms with E-state index in [4.69, 9.17) is 23.2 Å².